The van der Waals surface area contributed by atoms with E-state index in [2.05, 4.69) is 0 Å². The number of benzene rings is 1. The largest absolute Gasteiger partial charge is 0.463 e. The van der Waals surface area contributed by atoms with E-state index in [9.17, 15) is 23.2 Å². The molecule has 0 spiro atoms. The van der Waals surface area contributed by atoms with E-state index in [1.54, 1.807) is 13.0 Å². The summed E-state index contributed by atoms with van der Waals surface area (Å²) in [5.41, 5.74) is 5.34. The molecule has 0 amide bonds. The second-order valence-electron chi connectivity index (χ2n) is 6.02. The molecule has 1 atom stereocenters. The number of thiophene rings is 1. The fourth-order valence-corrected chi connectivity index (χ4v) is 4.08. The minimum absolute atomic E-state index is 0.00165. The van der Waals surface area contributed by atoms with Gasteiger partial charge in [-0.3, -0.25) is 0 Å². The molecule has 0 saturated heterocycles. The fraction of sp³-hybridized carbons (Fsp3) is 0.263. The number of carbonyl (C=O) groups is 1. The first-order chi connectivity index (χ1) is 13.2. The predicted molar refractivity (Wildman–Crippen MR) is 96.8 cm³/mol. The van der Waals surface area contributed by atoms with Crippen molar-refractivity contribution in [1.82, 2.24) is 0 Å². The van der Waals surface area contributed by atoms with Crippen LogP contribution in [0, 0.1) is 11.3 Å². The Morgan fingerprint density at radius 2 is 2.14 bits per heavy atom. The van der Waals surface area contributed by atoms with Crippen LogP contribution in [0.15, 0.2) is 46.4 Å². The molecular weight excluding hydrogens is 393 g/mol. The van der Waals surface area contributed by atoms with Crippen LogP contribution in [0.4, 0.5) is 13.2 Å². The SMILES string of the molecule is CCOC(=O)C1=C(C)OC(N)=C(C#N)C1c1ccc2scc(C(F)(F)F)c2c1. The van der Waals surface area contributed by atoms with E-state index >= 15 is 0 Å². The topological polar surface area (TPSA) is 85.3 Å². The summed E-state index contributed by atoms with van der Waals surface area (Å²) in [6.07, 6.45) is -4.52. The summed E-state index contributed by atoms with van der Waals surface area (Å²) < 4.78 is 50.8. The highest BCUT2D eigenvalue weighted by molar-refractivity contribution is 7.17. The van der Waals surface area contributed by atoms with Gasteiger partial charge in [0.05, 0.1) is 23.7 Å². The lowest BCUT2D eigenvalue weighted by molar-refractivity contribution is -0.139. The Labute approximate surface area is 162 Å². The molecule has 9 heteroatoms. The van der Waals surface area contributed by atoms with Crippen molar-refractivity contribution >= 4 is 27.4 Å². The van der Waals surface area contributed by atoms with Crippen molar-refractivity contribution in [3.8, 4) is 6.07 Å². The second kappa shape index (κ2) is 7.20. The van der Waals surface area contributed by atoms with E-state index in [0.29, 0.717) is 10.3 Å². The van der Waals surface area contributed by atoms with Gasteiger partial charge in [0, 0.05) is 15.5 Å². The summed E-state index contributed by atoms with van der Waals surface area (Å²) in [4.78, 5) is 12.5. The maximum absolute atomic E-state index is 13.3. The van der Waals surface area contributed by atoms with Crippen molar-refractivity contribution in [3.63, 3.8) is 0 Å². The molecule has 146 valence electrons. The highest BCUT2D eigenvalue weighted by Crippen LogP contribution is 2.43. The van der Waals surface area contributed by atoms with E-state index in [4.69, 9.17) is 15.2 Å². The molecule has 28 heavy (non-hydrogen) atoms. The van der Waals surface area contributed by atoms with Crippen molar-refractivity contribution in [1.29, 1.82) is 5.26 Å². The molecule has 2 N–H and O–H groups in total. The minimum Gasteiger partial charge on any atom is -0.463 e. The number of halogens is 3. The zero-order valence-electron chi connectivity index (χ0n) is 14.9. The van der Waals surface area contributed by atoms with Gasteiger partial charge in [-0.25, -0.2) is 4.79 Å². The molecule has 1 aliphatic rings. The van der Waals surface area contributed by atoms with Crippen molar-refractivity contribution in [2.45, 2.75) is 25.9 Å². The number of ether oxygens (including phenoxy) is 2. The molecule has 1 aromatic carbocycles. The molecule has 0 fully saturated rings. The number of rotatable bonds is 3. The van der Waals surface area contributed by atoms with Crippen LogP contribution in [0.1, 0.15) is 30.9 Å². The number of allylic oxidation sites excluding steroid dienone is 2. The first-order valence-corrected chi connectivity index (χ1v) is 9.10. The van der Waals surface area contributed by atoms with Gasteiger partial charge in [-0.05, 0) is 31.5 Å². The Morgan fingerprint density at radius 3 is 2.75 bits per heavy atom. The van der Waals surface area contributed by atoms with Crippen molar-refractivity contribution in [3.05, 3.63) is 57.5 Å². The highest BCUT2D eigenvalue weighted by atomic mass is 32.1. The maximum atomic E-state index is 13.3. The van der Waals surface area contributed by atoms with Crippen LogP contribution in [-0.4, -0.2) is 12.6 Å². The van der Waals surface area contributed by atoms with Gasteiger partial charge in [-0.1, -0.05) is 6.07 Å². The lowest BCUT2D eigenvalue weighted by Gasteiger charge is -2.27. The van der Waals surface area contributed by atoms with Gasteiger partial charge in [0.15, 0.2) is 0 Å². The molecule has 0 radical (unpaired) electrons. The summed E-state index contributed by atoms with van der Waals surface area (Å²) in [6, 6.07) is 6.35. The Balaban J connectivity index is 2.23. The second-order valence-corrected chi connectivity index (χ2v) is 6.93. The van der Waals surface area contributed by atoms with Gasteiger partial charge in [0.1, 0.15) is 17.4 Å². The van der Waals surface area contributed by atoms with Gasteiger partial charge in [-0.15, -0.1) is 11.3 Å². The van der Waals surface area contributed by atoms with Crippen LogP contribution in [0.3, 0.4) is 0 Å². The number of fused-ring (bicyclic) bond motifs is 1. The Kier molecular flexibility index (Phi) is 5.08. The van der Waals surface area contributed by atoms with Crippen LogP contribution in [-0.2, 0) is 20.4 Å². The zero-order valence-corrected chi connectivity index (χ0v) is 15.7. The van der Waals surface area contributed by atoms with E-state index in [0.717, 1.165) is 16.7 Å². The molecule has 1 aliphatic heterocycles. The number of nitriles is 1. The fourth-order valence-electron chi connectivity index (χ4n) is 3.13. The number of nitrogens with two attached hydrogens (primary N) is 1. The van der Waals surface area contributed by atoms with Gasteiger partial charge in [0.25, 0.3) is 0 Å². The predicted octanol–water partition coefficient (Wildman–Crippen LogP) is 4.56. The van der Waals surface area contributed by atoms with Crippen molar-refractivity contribution in [2.75, 3.05) is 6.61 Å². The zero-order chi connectivity index (χ0) is 20.6. The van der Waals surface area contributed by atoms with Crippen molar-refractivity contribution in [2.24, 2.45) is 5.73 Å². The van der Waals surface area contributed by atoms with E-state index in [-0.39, 0.29) is 34.8 Å². The molecule has 5 nitrogen and oxygen atoms in total. The lowest BCUT2D eigenvalue weighted by atomic mass is 9.82. The van der Waals surface area contributed by atoms with E-state index in [1.165, 1.54) is 19.1 Å². The lowest BCUT2D eigenvalue weighted by Crippen LogP contribution is -2.25. The van der Waals surface area contributed by atoms with E-state index in [1.807, 2.05) is 6.07 Å². The smallest absolute Gasteiger partial charge is 0.417 e. The minimum atomic E-state index is -4.52. The first kappa shape index (κ1) is 19.8. The van der Waals surface area contributed by atoms with Crippen LogP contribution >= 0.6 is 11.3 Å². The van der Waals surface area contributed by atoms with Gasteiger partial charge in [-0.2, -0.15) is 18.4 Å². The monoisotopic (exact) mass is 408 g/mol. The maximum Gasteiger partial charge on any atom is 0.417 e. The first-order valence-electron chi connectivity index (χ1n) is 8.22. The Morgan fingerprint density at radius 1 is 1.43 bits per heavy atom. The average Bonchev–Trinajstić information content (AvgIpc) is 3.04. The van der Waals surface area contributed by atoms with Crippen LogP contribution in [0.2, 0.25) is 0 Å². The number of nitrogens with zero attached hydrogens (tertiary/aromatic N) is 1. The molecule has 3 rings (SSSR count). The number of hydrogen-bond donors (Lipinski definition) is 1. The van der Waals surface area contributed by atoms with Crippen LogP contribution < -0.4 is 5.73 Å². The molecular formula is C19H15F3N2O3S. The molecule has 2 heterocycles. The van der Waals surface area contributed by atoms with Crippen LogP contribution in [0.25, 0.3) is 10.1 Å². The Hall–Kier alpha value is -2.99. The van der Waals surface area contributed by atoms with E-state index < -0.39 is 23.6 Å². The van der Waals surface area contributed by atoms with Gasteiger partial charge in [0.2, 0.25) is 5.88 Å². The molecule has 0 saturated carbocycles. The molecule has 0 bridgehead atoms. The summed E-state index contributed by atoms with van der Waals surface area (Å²) in [6.45, 7) is 3.20. The number of carbonyl (C=O) groups excluding carboxylic acids is 1. The summed E-state index contributed by atoms with van der Waals surface area (Å²) in [5, 5.41) is 10.6. The summed E-state index contributed by atoms with van der Waals surface area (Å²) >= 11 is 0.969. The third kappa shape index (κ3) is 3.31. The molecule has 2 aromatic rings. The third-order valence-corrected chi connectivity index (χ3v) is 5.30. The average molecular weight is 408 g/mol. The number of esters is 1. The summed E-state index contributed by atoms with van der Waals surface area (Å²) in [5.74, 6) is -1.75. The molecule has 1 aromatic heterocycles. The van der Waals surface area contributed by atoms with Gasteiger partial charge >= 0.3 is 12.1 Å². The standard InChI is InChI=1S/C19H15F3N2O3S/c1-3-26-18(25)15-9(2)27-17(24)12(7-23)16(15)10-4-5-14-11(6-10)13(8-28-14)19(20,21)22/h4-6,8,16H,3,24H2,1-2H3. The quantitative estimate of drug-likeness (QED) is 0.753. The number of hydrogen-bond acceptors (Lipinski definition) is 6. The third-order valence-electron chi connectivity index (χ3n) is 4.34. The van der Waals surface area contributed by atoms with Crippen molar-refractivity contribution < 1.29 is 27.4 Å². The number of alkyl halides is 3. The Bertz CT molecular complexity index is 1060. The highest BCUT2D eigenvalue weighted by Gasteiger charge is 2.38. The summed E-state index contributed by atoms with van der Waals surface area (Å²) in [7, 11) is 0. The molecule has 1 unspecified atom stereocenters. The normalized spacial score (nSPS) is 17.5. The van der Waals surface area contributed by atoms with Crippen LogP contribution in [0.5, 0.6) is 0 Å². The van der Waals surface area contributed by atoms with Gasteiger partial charge < -0.3 is 15.2 Å². The molecule has 0 aliphatic carbocycles.